The van der Waals surface area contributed by atoms with Crippen molar-refractivity contribution >= 4 is 11.8 Å². The van der Waals surface area contributed by atoms with E-state index in [0.717, 1.165) is 5.56 Å². The van der Waals surface area contributed by atoms with Crippen LogP contribution in [-0.2, 0) is 6.54 Å². The number of fused-ring (bicyclic) bond motifs is 1. The summed E-state index contributed by atoms with van der Waals surface area (Å²) in [6.45, 7) is 0.370. The Morgan fingerprint density at radius 1 is 1.15 bits per heavy atom. The summed E-state index contributed by atoms with van der Waals surface area (Å²) in [7, 11) is 0. The molecule has 0 saturated heterocycles. The predicted molar refractivity (Wildman–Crippen MR) is 46.1 cm³/mol. The van der Waals surface area contributed by atoms with Gasteiger partial charge in [0, 0.05) is 6.54 Å². The van der Waals surface area contributed by atoms with E-state index in [9.17, 15) is 9.59 Å². The van der Waals surface area contributed by atoms with Gasteiger partial charge < -0.3 is 5.73 Å². The highest BCUT2D eigenvalue weighted by atomic mass is 16.2. The van der Waals surface area contributed by atoms with Crippen molar-refractivity contribution in [2.75, 3.05) is 0 Å². The van der Waals surface area contributed by atoms with Crippen LogP contribution in [0.15, 0.2) is 18.2 Å². The first-order valence-electron chi connectivity index (χ1n) is 3.91. The number of benzene rings is 1. The summed E-state index contributed by atoms with van der Waals surface area (Å²) in [6, 6.07) is 5.02. The minimum atomic E-state index is -0.338. The molecule has 0 unspecified atom stereocenters. The molecule has 4 nitrogen and oxygen atoms in total. The van der Waals surface area contributed by atoms with Crippen molar-refractivity contribution in [3.63, 3.8) is 0 Å². The van der Waals surface area contributed by atoms with Crippen LogP contribution >= 0.6 is 0 Å². The van der Waals surface area contributed by atoms with Crippen LogP contribution < -0.4 is 11.1 Å². The molecule has 13 heavy (non-hydrogen) atoms. The molecule has 2 amide bonds. The third kappa shape index (κ3) is 1.11. The molecule has 0 saturated carbocycles. The predicted octanol–water partition coefficient (Wildman–Crippen LogP) is 0.0289. The Morgan fingerprint density at radius 3 is 2.54 bits per heavy atom. The Kier molecular flexibility index (Phi) is 1.63. The second-order valence-corrected chi connectivity index (χ2v) is 2.87. The van der Waals surface area contributed by atoms with E-state index in [2.05, 4.69) is 5.32 Å². The van der Waals surface area contributed by atoms with Crippen LogP contribution in [0.25, 0.3) is 0 Å². The molecule has 3 N–H and O–H groups in total. The number of nitrogens with one attached hydrogen (secondary N) is 1. The smallest absolute Gasteiger partial charge is 0.258 e. The van der Waals surface area contributed by atoms with E-state index < -0.39 is 0 Å². The number of hydrogen-bond acceptors (Lipinski definition) is 3. The Hall–Kier alpha value is -1.68. The Bertz CT molecular complexity index is 399. The molecule has 1 aromatic carbocycles. The molecule has 0 bridgehead atoms. The van der Waals surface area contributed by atoms with Gasteiger partial charge in [0.05, 0.1) is 11.1 Å². The van der Waals surface area contributed by atoms with Crippen LogP contribution in [0.2, 0.25) is 0 Å². The fourth-order valence-electron chi connectivity index (χ4n) is 1.34. The van der Waals surface area contributed by atoms with E-state index in [1.165, 1.54) is 0 Å². The average Bonchev–Trinajstić information content (AvgIpc) is 2.42. The van der Waals surface area contributed by atoms with Crippen LogP contribution in [0.5, 0.6) is 0 Å². The summed E-state index contributed by atoms with van der Waals surface area (Å²) in [4.78, 5) is 22.3. The molecule has 0 atom stereocenters. The lowest BCUT2D eigenvalue weighted by Gasteiger charge is -1.97. The van der Waals surface area contributed by atoms with Crippen molar-refractivity contribution in [3.8, 4) is 0 Å². The molecule has 1 aliphatic rings. The topological polar surface area (TPSA) is 72.2 Å². The van der Waals surface area contributed by atoms with E-state index in [4.69, 9.17) is 5.73 Å². The highest BCUT2D eigenvalue weighted by Gasteiger charge is 2.26. The molecule has 66 valence electrons. The van der Waals surface area contributed by atoms with Gasteiger partial charge in [-0.3, -0.25) is 14.9 Å². The Labute approximate surface area is 74.7 Å². The molecular weight excluding hydrogens is 168 g/mol. The number of imide groups is 1. The van der Waals surface area contributed by atoms with Gasteiger partial charge in [-0.2, -0.15) is 0 Å². The van der Waals surface area contributed by atoms with Crippen molar-refractivity contribution in [1.82, 2.24) is 5.32 Å². The van der Waals surface area contributed by atoms with Gasteiger partial charge in [-0.25, -0.2) is 0 Å². The van der Waals surface area contributed by atoms with E-state index in [1.807, 2.05) is 0 Å². The maximum absolute atomic E-state index is 11.2. The first-order chi connectivity index (χ1) is 6.22. The third-order valence-electron chi connectivity index (χ3n) is 2.04. The molecule has 4 heteroatoms. The van der Waals surface area contributed by atoms with Gasteiger partial charge >= 0.3 is 0 Å². The van der Waals surface area contributed by atoms with Crippen molar-refractivity contribution < 1.29 is 9.59 Å². The van der Waals surface area contributed by atoms with Gasteiger partial charge in [-0.1, -0.05) is 6.07 Å². The van der Waals surface area contributed by atoms with E-state index in [1.54, 1.807) is 18.2 Å². The van der Waals surface area contributed by atoms with E-state index >= 15 is 0 Å². The van der Waals surface area contributed by atoms with Gasteiger partial charge in [0.25, 0.3) is 11.8 Å². The molecule has 1 aromatic rings. The number of amides is 2. The standard InChI is InChI=1S/C9H8N2O2/c10-4-5-1-2-6-7(3-5)9(13)11-8(6)12/h1-3H,4,10H2,(H,11,12,13). The number of nitrogens with two attached hydrogens (primary N) is 1. The Balaban J connectivity index is 2.58. The Morgan fingerprint density at radius 2 is 1.85 bits per heavy atom. The summed E-state index contributed by atoms with van der Waals surface area (Å²) < 4.78 is 0. The first-order valence-corrected chi connectivity index (χ1v) is 3.91. The van der Waals surface area contributed by atoms with Crippen LogP contribution in [-0.4, -0.2) is 11.8 Å². The molecule has 1 aliphatic heterocycles. The second kappa shape index (κ2) is 2.67. The molecular formula is C9H8N2O2. The summed E-state index contributed by atoms with van der Waals surface area (Å²) in [5, 5.41) is 2.21. The molecule has 2 rings (SSSR count). The minimum Gasteiger partial charge on any atom is -0.326 e. The molecule has 0 aromatic heterocycles. The first kappa shape index (κ1) is 7.94. The summed E-state index contributed by atoms with van der Waals surface area (Å²) in [5.74, 6) is -0.668. The van der Waals surface area contributed by atoms with Crippen molar-refractivity contribution in [1.29, 1.82) is 0 Å². The normalized spacial score (nSPS) is 14.2. The van der Waals surface area contributed by atoms with Gasteiger partial charge in [-0.15, -0.1) is 0 Å². The average molecular weight is 176 g/mol. The SMILES string of the molecule is NCc1ccc2c(c1)C(=O)NC2=O. The van der Waals surface area contributed by atoms with Crippen molar-refractivity contribution in [2.24, 2.45) is 5.73 Å². The number of carbonyl (C=O) groups is 2. The fraction of sp³-hybridized carbons (Fsp3) is 0.111. The zero-order valence-corrected chi connectivity index (χ0v) is 6.83. The van der Waals surface area contributed by atoms with Gasteiger partial charge in [0.15, 0.2) is 0 Å². The summed E-state index contributed by atoms with van der Waals surface area (Å²) in [6.07, 6.45) is 0. The maximum atomic E-state index is 11.2. The molecule has 0 spiro atoms. The zero-order valence-electron chi connectivity index (χ0n) is 6.83. The second-order valence-electron chi connectivity index (χ2n) is 2.87. The van der Waals surface area contributed by atoms with Gasteiger partial charge in [-0.05, 0) is 17.7 Å². The third-order valence-corrected chi connectivity index (χ3v) is 2.04. The van der Waals surface area contributed by atoms with Crippen molar-refractivity contribution in [2.45, 2.75) is 6.54 Å². The quantitative estimate of drug-likeness (QED) is 0.593. The monoisotopic (exact) mass is 176 g/mol. The largest absolute Gasteiger partial charge is 0.326 e. The lowest BCUT2D eigenvalue weighted by molar-refractivity contribution is 0.0879. The maximum Gasteiger partial charge on any atom is 0.258 e. The highest BCUT2D eigenvalue weighted by molar-refractivity contribution is 6.21. The number of hydrogen-bond donors (Lipinski definition) is 2. The molecule has 0 aliphatic carbocycles. The van der Waals surface area contributed by atoms with Crippen LogP contribution in [0.3, 0.4) is 0 Å². The van der Waals surface area contributed by atoms with E-state index in [-0.39, 0.29) is 11.8 Å². The minimum absolute atomic E-state index is 0.330. The van der Waals surface area contributed by atoms with Crippen LogP contribution in [0.4, 0.5) is 0 Å². The van der Waals surface area contributed by atoms with Gasteiger partial charge in [0.1, 0.15) is 0 Å². The lowest BCUT2D eigenvalue weighted by atomic mass is 10.1. The highest BCUT2D eigenvalue weighted by Crippen LogP contribution is 2.16. The van der Waals surface area contributed by atoms with Gasteiger partial charge in [0.2, 0.25) is 0 Å². The molecule has 0 fully saturated rings. The fourth-order valence-corrected chi connectivity index (χ4v) is 1.34. The number of rotatable bonds is 1. The lowest BCUT2D eigenvalue weighted by Crippen LogP contribution is -2.19. The zero-order chi connectivity index (χ0) is 9.42. The molecule has 0 radical (unpaired) electrons. The van der Waals surface area contributed by atoms with Crippen LogP contribution in [0, 0.1) is 0 Å². The summed E-state index contributed by atoms with van der Waals surface area (Å²) in [5.41, 5.74) is 7.11. The van der Waals surface area contributed by atoms with Crippen molar-refractivity contribution in [3.05, 3.63) is 34.9 Å². The van der Waals surface area contributed by atoms with Crippen LogP contribution in [0.1, 0.15) is 26.3 Å². The van der Waals surface area contributed by atoms with E-state index in [0.29, 0.717) is 17.7 Å². The summed E-state index contributed by atoms with van der Waals surface area (Å²) >= 11 is 0. The number of carbonyl (C=O) groups excluding carboxylic acids is 2. The molecule has 1 heterocycles.